The molecule has 2 rings (SSSR count). The van der Waals surface area contributed by atoms with Gasteiger partial charge in [-0.2, -0.15) is 5.10 Å². The smallest absolute Gasteiger partial charge is 0.0908 e. The standard InChI is InChI=1S/C13H23ClN4O2/c1-3-20-13(9-4-5-9)11(17-15)12-10(14)8-16-18(12)6-7-19-2/h8-9,11,13,17H,3-7,15H2,1-2H3. The third kappa shape index (κ3) is 3.51. The van der Waals surface area contributed by atoms with E-state index in [1.54, 1.807) is 13.3 Å². The van der Waals surface area contributed by atoms with Gasteiger partial charge in [-0.05, 0) is 25.7 Å². The summed E-state index contributed by atoms with van der Waals surface area (Å²) >= 11 is 6.29. The van der Waals surface area contributed by atoms with Crippen LogP contribution in [0.1, 0.15) is 31.5 Å². The van der Waals surface area contributed by atoms with Crippen LogP contribution in [0.4, 0.5) is 0 Å². The summed E-state index contributed by atoms with van der Waals surface area (Å²) in [6.45, 7) is 3.86. The van der Waals surface area contributed by atoms with E-state index in [9.17, 15) is 0 Å². The van der Waals surface area contributed by atoms with Gasteiger partial charge in [0, 0.05) is 13.7 Å². The summed E-state index contributed by atoms with van der Waals surface area (Å²) in [5, 5.41) is 4.90. The number of hydrazine groups is 1. The Labute approximate surface area is 124 Å². The number of methoxy groups -OCH3 is 1. The molecule has 20 heavy (non-hydrogen) atoms. The van der Waals surface area contributed by atoms with E-state index >= 15 is 0 Å². The van der Waals surface area contributed by atoms with Crippen LogP contribution in [-0.4, -0.2) is 36.2 Å². The van der Waals surface area contributed by atoms with Crippen LogP contribution in [0.5, 0.6) is 0 Å². The molecular weight excluding hydrogens is 280 g/mol. The lowest BCUT2D eigenvalue weighted by atomic mass is 10.0. The zero-order valence-corrected chi connectivity index (χ0v) is 12.8. The van der Waals surface area contributed by atoms with E-state index < -0.39 is 0 Å². The summed E-state index contributed by atoms with van der Waals surface area (Å²) in [7, 11) is 1.66. The second-order valence-electron chi connectivity index (χ2n) is 5.00. The topological polar surface area (TPSA) is 74.3 Å². The van der Waals surface area contributed by atoms with E-state index in [-0.39, 0.29) is 12.1 Å². The number of aromatic nitrogens is 2. The molecule has 0 bridgehead atoms. The highest BCUT2D eigenvalue weighted by atomic mass is 35.5. The summed E-state index contributed by atoms with van der Waals surface area (Å²) in [6, 6.07) is -0.158. The molecule has 1 aliphatic carbocycles. The highest BCUT2D eigenvalue weighted by Gasteiger charge is 2.39. The van der Waals surface area contributed by atoms with Gasteiger partial charge in [-0.15, -0.1) is 0 Å². The summed E-state index contributed by atoms with van der Waals surface area (Å²) in [4.78, 5) is 0. The van der Waals surface area contributed by atoms with Crippen LogP contribution < -0.4 is 11.3 Å². The van der Waals surface area contributed by atoms with Crippen molar-refractivity contribution in [2.75, 3.05) is 20.3 Å². The van der Waals surface area contributed by atoms with Gasteiger partial charge in [0.15, 0.2) is 0 Å². The summed E-state index contributed by atoms with van der Waals surface area (Å²) in [5.41, 5.74) is 3.73. The molecule has 0 amide bonds. The Balaban J connectivity index is 2.22. The van der Waals surface area contributed by atoms with Gasteiger partial charge in [0.25, 0.3) is 0 Å². The zero-order valence-electron chi connectivity index (χ0n) is 12.0. The van der Waals surface area contributed by atoms with E-state index in [4.69, 9.17) is 26.9 Å². The van der Waals surface area contributed by atoms with E-state index in [0.29, 0.717) is 30.7 Å². The molecule has 0 spiro atoms. The number of nitrogens with zero attached hydrogens (tertiary/aromatic N) is 2. The Morgan fingerprint density at radius 3 is 2.90 bits per heavy atom. The maximum absolute atomic E-state index is 6.29. The van der Waals surface area contributed by atoms with E-state index in [0.717, 1.165) is 5.69 Å². The van der Waals surface area contributed by atoms with E-state index in [1.807, 2.05) is 11.6 Å². The molecule has 7 heteroatoms. The first kappa shape index (κ1) is 15.7. The van der Waals surface area contributed by atoms with Crippen LogP contribution in [0.2, 0.25) is 5.02 Å². The second-order valence-corrected chi connectivity index (χ2v) is 5.40. The Bertz CT molecular complexity index is 423. The van der Waals surface area contributed by atoms with Crippen molar-refractivity contribution in [2.45, 2.75) is 38.5 Å². The molecular formula is C13H23ClN4O2. The third-order valence-corrected chi connectivity index (χ3v) is 3.88. The first-order valence-corrected chi connectivity index (χ1v) is 7.38. The van der Waals surface area contributed by atoms with Crippen molar-refractivity contribution in [1.29, 1.82) is 0 Å². The predicted molar refractivity (Wildman–Crippen MR) is 77.3 cm³/mol. The van der Waals surface area contributed by atoms with Crippen molar-refractivity contribution in [3.8, 4) is 0 Å². The maximum Gasteiger partial charge on any atom is 0.0908 e. The number of hydrogen-bond donors (Lipinski definition) is 2. The molecule has 0 radical (unpaired) electrons. The number of nitrogens with two attached hydrogens (primary N) is 1. The van der Waals surface area contributed by atoms with Crippen LogP contribution in [0.15, 0.2) is 6.20 Å². The summed E-state index contributed by atoms with van der Waals surface area (Å²) < 4.78 is 12.8. The summed E-state index contributed by atoms with van der Waals surface area (Å²) in [5.74, 6) is 6.31. The first-order chi connectivity index (χ1) is 9.72. The van der Waals surface area contributed by atoms with Gasteiger partial charge in [-0.25, -0.2) is 5.43 Å². The molecule has 1 fully saturated rings. The molecule has 114 valence electrons. The summed E-state index contributed by atoms with van der Waals surface area (Å²) in [6.07, 6.45) is 4.02. The predicted octanol–water partition coefficient (Wildman–Crippen LogP) is 1.50. The number of rotatable bonds is 9. The molecule has 3 N–H and O–H groups in total. The van der Waals surface area contributed by atoms with Crippen molar-refractivity contribution < 1.29 is 9.47 Å². The average molecular weight is 303 g/mol. The molecule has 1 aromatic rings. The third-order valence-electron chi connectivity index (χ3n) is 3.59. The Morgan fingerprint density at radius 1 is 1.60 bits per heavy atom. The van der Waals surface area contributed by atoms with Gasteiger partial charge in [-0.3, -0.25) is 10.5 Å². The number of hydrogen-bond acceptors (Lipinski definition) is 5. The zero-order chi connectivity index (χ0) is 14.5. The fourth-order valence-corrected chi connectivity index (χ4v) is 2.75. The molecule has 1 aliphatic rings. The lowest BCUT2D eigenvalue weighted by Crippen LogP contribution is -2.41. The van der Waals surface area contributed by atoms with Crippen molar-refractivity contribution in [1.82, 2.24) is 15.2 Å². The largest absolute Gasteiger partial charge is 0.383 e. The SMILES string of the molecule is CCOC(C1CC1)C(NN)c1c(Cl)cnn1CCOC. The van der Waals surface area contributed by atoms with Crippen LogP contribution in [0.25, 0.3) is 0 Å². The molecule has 1 aromatic heterocycles. The first-order valence-electron chi connectivity index (χ1n) is 7.00. The minimum atomic E-state index is -0.158. The van der Waals surface area contributed by atoms with Crippen LogP contribution in [0.3, 0.4) is 0 Å². The van der Waals surface area contributed by atoms with Gasteiger partial charge < -0.3 is 9.47 Å². The van der Waals surface area contributed by atoms with Gasteiger partial charge >= 0.3 is 0 Å². The Kier molecular flexibility index (Phi) is 5.80. The number of halogens is 1. The molecule has 0 saturated heterocycles. The number of ether oxygens (including phenoxy) is 2. The second kappa shape index (κ2) is 7.38. The molecule has 1 heterocycles. The van der Waals surface area contributed by atoms with Gasteiger partial charge in [0.2, 0.25) is 0 Å². The van der Waals surface area contributed by atoms with E-state index in [1.165, 1.54) is 12.8 Å². The fourth-order valence-electron chi connectivity index (χ4n) is 2.49. The molecule has 1 saturated carbocycles. The molecule has 6 nitrogen and oxygen atoms in total. The van der Waals surface area contributed by atoms with Crippen LogP contribution in [-0.2, 0) is 16.0 Å². The Morgan fingerprint density at radius 2 is 2.35 bits per heavy atom. The van der Waals surface area contributed by atoms with Crippen molar-refractivity contribution in [3.63, 3.8) is 0 Å². The quantitative estimate of drug-likeness (QED) is 0.534. The molecule has 2 unspecified atom stereocenters. The average Bonchev–Trinajstić information content (AvgIpc) is 3.23. The molecule has 0 aliphatic heterocycles. The Hall–Kier alpha value is -0.660. The number of nitrogens with one attached hydrogen (secondary N) is 1. The fraction of sp³-hybridized carbons (Fsp3) is 0.769. The monoisotopic (exact) mass is 302 g/mol. The van der Waals surface area contributed by atoms with Crippen molar-refractivity contribution >= 4 is 11.6 Å². The highest BCUT2D eigenvalue weighted by Crippen LogP contribution is 2.41. The lowest BCUT2D eigenvalue weighted by molar-refractivity contribution is 0.0160. The van der Waals surface area contributed by atoms with Crippen molar-refractivity contribution in [3.05, 3.63) is 16.9 Å². The van der Waals surface area contributed by atoms with Crippen LogP contribution >= 0.6 is 11.6 Å². The van der Waals surface area contributed by atoms with Crippen molar-refractivity contribution in [2.24, 2.45) is 11.8 Å². The minimum absolute atomic E-state index is 0.0282. The van der Waals surface area contributed by atoms with Gasteiger partial charge in [0.1, 0.15) is 0 Å². The van der Waals surface area contributed by atoms with Gasteiger partial charge in [0.05, 0.1) is 42.2 Å². The molecule has 0 aromatic carbocycles. The highest BCUT2D eigenvalue weighted by molar-refractivity contribution is 6.31. The lowest BCUT2D eigenvalue weighted by Gasteiger charge is -2.27. The molecule has 2 atom stereocenters. The van der Waals surface area contributed by atoms with Gasteiger partial charge in [-0.1, -0.05) is 11.6 Å². The van der Waals surface area contributed by atoms with Crippen LogP contribution in [0, 0.1) is 5.92 Å². The van der Waals surface area contributed by atoms with E-state index in [2.05, 4.69) is 10.5 Å². The minimum Gasteiger partial charge on any atom is -0.383 e. The maximum atomic E-state index is 6.29. The normalized spacial score (nSPS) is 18.2.